The Bertz CT molecular complexity index is 627. The smallest absolute Gasteiger partial charge is 0.416 e. The van der Waals surface area contributed by atoms with E-state index in [1.54, 1.807) is 18.2 Å². The van der Waals surface area contributed by atoms with Crippen molar-refractivity contribution in [2.24, 2.45) is 0 Å². The molecule has 0 radical (unpaired) electrons. The number of ether oxygens (including phenoxy) is 2. The predicted octanol–water partition coefficient (Wildman–Crippen LogP) is 3.88. The summed E-state index contributed by atoms with van der Waals surface area (Å²) in [6, 6.07) is 9.82. The van der Waals surface area contributed by atoms with Crippen LogP contribution in [0.25, 0.3) is 0 Å². The third kappa shape index (κ3) is 3.81. The number of anilines is 1. The molecule has 112 valence electrons. The summed E-state index contributed by atoms with van der Waals surface area (Å²) in [7, 11) is 1.50. The predicted molar refractivity (Wildman–Crippen MR) is 73.2 cm³/mol. The van der Waals surface area contributed by atoms with Crippen molar-refractivity contribution in [3.05, 3.63) is 53.6 Å². The molecule has 0 saturated heterocycles. The minimum atomic E-state index is -4.39. The Labute approximate surface area is 120 Å². The molecule has 0 aliphatic carbocycles. The first kappa shape index (κ1) is 15.0. The highest BCUT2D eigenvalue weighted by Gasteiger charge is 2.30. The summed E-state index contributed by atoms with van der Waals surface area (Å²) in [6.07, 6.45) is -4.39. The number of rotatable bonds is 4. The molecule has 2 aromatic carbocycles. The lowest BCUT2D eigenvalue weighted by Gasteiger charge is -2.11. The van der Waals surface area contributed by atoms with E-state index in [1.165, 1.54) is 19.2 Å². The van der Waals surface area contributed by atoms with Crippen molar-refractivity contribution in [3.63, 3.8) is 0 Å². The molecule has 0 aliphatic rings. The molecule has 0 spiro atoms. The number of hydrogen-bond acceptors (Lipinski definition) is 3. The van der Waals surface area contributed by atoms with Crippen LogP contribution in [-0.4, -0.2) is 7.11 Å². The molecular formula is C15H14F3NO2. The topological polar surface area (TPSA) is 44.5 Å². The van der Waals surface area contributed by atoms with E-state index in [-0.39, 0.29) is 12.4 Å². The molecule has 3 nitrogen and oxygen atoms in total. The summed E-state index contributed by atoms with van der Waals surface area (Å²) in [5.74, 6) is 0.692. The lowest BCUT2D eigenvalue weighted by molar-refractivity contribution is -0.137. The molecule has 0 bridgehead atoms. The van der Waals surface area contributed by atoms with Crippen molar-refractivity contribution in [2.75, 3.05) is 12.8 Å². The van der Waals surface area contributed by atoms with Gasteiger partial charge in [-0.05, 0) is 35.9 Å². The van der Waals surface area contributed by atoms with Gasteiger partial charge in [0.15, 0.2) is 0 Å². The van der Waals surface area contributed by atoms with Gasteiger partial charge in [0.2, 0.25) is 0 Å². The number of benzene rings is 2. The molecule has 2 N–H and O–H groups in total. The highest BCUT2D eigenvalue weighted by molar-refractivity contribution is 5.54. The van der Waals surface area contributed by atoms with Gasteiger partial charge in [-0.2, -0.15) is 13.2 Å². The fourth-order valence-corrected chi connectivity index (χ4v) is 1.80. The first-order chi connectivity index (χ1) is 9.90. The van der Waals surface area contributed by atoms with Crippen LogP contribution in [0.4, 0.5) is 18.9 Å². The molecule has 0 saturated carbocycles. The molecule has 2 rings (SSSR count). The van der Waals surface area contributed by atoms with Crippen LogP contribution >= 0.6 is 0 Å². The number of halogens is 3. The molecule has 2 aromatic rings. The Morgan fingerprint density at radius 3 is 2.48 bits per heavy atom. The van der Waals surface area contributed by atoms with Gasteiger partial charge >= 0.3 is 6.18 Å². The third-order valence-corrected chi connectivity index (χ3v) is 2.86. The molecule has 0 fully saturated rings. The maximum atomic E-state index is 12.6. The lowest BCUT2D eigenvalue weighted by Crippen LogP contribution is -2.05. The average molecular weight is 297 g/mol. The van der Waals surface area contributed by atoms with Crippen LogP contribution in [0.5, 0.6) is 11.5 Å². The van der Waals surface area contributed by atoms with Crippen LogP contribution < -0.4 is 15.2 Å². The van der Waals surface area contributed by atoms with Crippen molar-refractivity contribution >= 4 is 5.69 Å². The molecule has 0 atom stereocenters. The van der Waals surface area contributed by atoms with Gasteiger partial charge in [0.05, 0.1) is 18.4 Å². The van der Waals surface area contributed by atoms with Crippen molar-refractivity contribution in [3.8, 4) is 11.5 Å². The summed E-state index contributed by atoms with van der Waals surface area (Å²) in [6.45, 7) is 0.121. The highest BCUT2D eigenvalue weighted by atomic mass is 19.4. The van der Waals surface area contributed by atoms with Crippen LogP contribution in [-0.2, 0) is 12.8 Å². The highest BCUT2D eigenvalue weighted by Crippen LogP contribution is 2.31. The molecule has 6 heteroatoms. The number of methoxy groups -OCH3 is 1. The molecule has 0 unspecified atom stereocenters. The van der Waals surface area contributed by atoms with Gasteiger partial charge in [-0.25, -0.2) is 0 Å². The van der Waals surface area contributed by atoms with Crippen LogP contribution in [0.3, 0.4) is 0 Å². The Hall–Kier alpha value is -2.37. The Balaban J connectivity index is 2.08. The Kier molecular flexibility index (Phi) is 4.26. The molecule has 0 aliphatic heterocycles. The molecule has 0 heterocycles. The summed E-state index contributed by atoms with van der Waals surface area (Å²) in [4.78, 5) is 0. The zero-order valence-corrected chi connectivity index (χ0v) is 11.3. The van der Waals surface area contributed by atoms with Crippen molar-refractivity contribution in [1.29, 1.82) is 0 Å². The minimum Gasteiger partial charge on any atom is -0.495 e. The largest absolute Gasteiger partial charge is 0.495 e. The normalized spacial score (nSPS) is 11.2. The van der Waals surface area contributed by atoms with Crippen molar-refractivity contribution in [2.45, 2.75) is 12.8 Å². The monoisotopic (exact) mass is 297 g/mol. The minimum absolute atomic E-state index is 0.121. The number of hydrogen-bond donors (Lipinski definition) is 1. The molecule has 0 amide bonds. The van der Waals surface area contributed by atoms with E-state index in [0.29, 0.717) is 11.4 Å². The van der Waals surface area contributed by atoms with E-state index < -0.39 is 11.7 Å². The zero-order chi connectivity index (χ0) is 15.5. The van der Waals surface area contributed by atoms with E-state index in [9.17, 15) is 13.2 Å². The van der Waals surface area contributed by atoms with Crippen molar-refractivity contribution in [1.82, 2.24) is 0 Å². The van der Waals surface area contributed by atoms with Gasteiger partial charge in [0.25, 0.3) is 0 Å². The first-order valence-electron chi connectivity index (χ1n) is 6.12. The van der Waals surface area contributed by atoms with Gasteiger partial charge in [0, 0.05) is 0 Å². The van der Waals surface area contributed by atoms with Crippen LogP contribution in [0, 0.1) is 0 Å². The molecule has 0 aromatic heterocycles. The number of nitrogen functional groups attached to an aromatic ring is 1. The Morgan fingerprint density at radius 1 is 1.10 bits per heavy atom. The zero-order valence-electron chi connectivity index (χ0n) is 11.3. The fourth-order valence-electron chi connectivity index (χ4n) is 1.80. The summed E-state index contributed by atoms with van der Waals surface area (Å²) in [5.41, 5.74) is 6.20. The molecular weight excluding hydrogens is 283 g/mol. The van der Waals surface area contributed by atoms with E-state index in [2.05, 4.69) is 0 Å². The van der Waals surface area contributed by atoms with E-state index in [4.69, 9.17) is 15.2 Å². The second-order valence-electron chi connectivity index (χ2n) is 4.39. The summed E-state index contributed by atoms with van der Waals surface area (Å²) < 4.78 is 48.1. The maximum absolute atomic E-state index is 12.6. The number of alkyl halides is 3. The molecule has 21 heavy (non-hydrogen) atoms. The van der Waals surface area contributed by atoms with Crippen LogP contribution in [0.1, 0.15) is 11.1 Å². The second-order valence-corrected chi connectivity index (χ2v) is 4.39. The second kappa shape index (κ2) is 5.95. The quantitative estimate of drug-likeness (QED) is 0.871. The lowest BCUT2D eigenvalue weighted by atomic mass is 10.2. The summed E-state index contributed by atoms with van der Waals surface area (Å²) >= 11 is 0. The van der Waals surface area contributed by atoms with Crippen LogP contribution in [0.15, 0.2) is 42.5 Å². The third-order valence-electron chi connectivity index (χ3n) is 2.86. The van der Waals surface area contributed by atoms with E-state index in [1.807, 2.05) is 0 Å². The van der Waals surface area contributed by atoms with Gasteiger partial charge < -0.3 is 15.2 Å². The standard InChI is InChI=1S/C15H14F3NO2/c1-20-14-6-5-10(7-13(14)19)9-21-12-4-2-3-11(8-12)15(16,17)18/h2-8H,9,19H2,1H3. The summed E-state index contributed by atoms with van der Waals surface area (Å²) in [5, 5.41) is 0. The van der Waals surface area contributed by atoms with Gasteiger partial charge in [-0.15, -0.1) is 0 Å². The number of nitrogens with two attached hydrogens (primary N) is 1. The SMILES string of the molecule is COc1ccc(COc2cccc(C(F)(F)F)c2)cc1N. The maximum Gasteiger partial charge on any atom is 0.416 e. The van der Waals surface area contributed by atoms with Gasteiger partial charge in [-0.3, -0.25) is 0 Å². The first-order valence-corrected chi connectivity index (χ1v) is 6.12. The van der Waals surface area contributed by atoms with Gasteiger partial charge in [-0.1, -0.05) is 12.1 Å². The van der Waals surface area contributed by atoms with Crippen molar-refractivity contribution < 1.29 is 22.6 Å². The van der Waals surface area contributed by atoms with E-state index in [0.717, 1.165) is 17.7 Å². The average Bonchev–Trinajstić information content (AvgIpc) is 2.45. The van der Waals surface area contributed by atoms with Gasteiger partial charge in [0.1, 0.15) is 18.1 Å². The Morgan fingerprint density at radius 2 is 1.86 bits per heavy atom. The van der Waals surface area contributed by atoms with Crippen LogP contribution in [0.2, 0.25) is 0 Å². The van der Waals surface area contributed by atoms with E-state index >= 15 is 0 Å². The fraction of sp³-hybridized carbons (Fsp3) is 0.200.